The number of esters is 7. The molecule has 68 heavy (non-hydrogen) atoms. The first-order valence-electron chi connectivity index (χ1n) is 24.4. The molecule has 0 amide bonds. The Hall–Kier alpha value is -4.46. The molecule has 19 heteroatoms. The minimum Gasteiger partial charge on any atom is -0.464 e. The fourth-order valence-electron chi connectivity index (χ4n) is 9.97. The third kappa shape index (κ3) is 16.3. The zero-order valence-electron chi connectivity index (χ0n) is 39.9. The van der Waals surface area contributed by atoms with E-state index < -0.39 is 141 Å². The lowest BCUT2D eigenvalue weighted by Gasteiger charge is -2.37. The molecule has 11 atom stereocenters. The molecular formula is C49H74O19. The van der Waals surface area contributed by atoms with Gasteiger partial charge in [0.2, 0.25) is 0 Å². The van der Waals surface area contributed by atoms with Crippen LogP contribution in [0.1, 0.15) is 104 Å². The topological polar surface area (TPSA) is 282 Å². The van der Waals surface area contributed by atoms with Crippen molar-refractivity contribution < 1.29 is 91.9 Å². The highest BCUT2D eigenvalue weighted by Crippen LogP contribution is 2.40. The molecule has 0 aromatic carbocycles. The van der Waals surface area contributed by atoms with Gasteiger partial charge >= 0.3 is 41.8 Å². The highest BCUT2D eigenvalue weighted by atomic mass is 16.6. The Bertz CT molecular complexity index is 1580. The van der Waals surface area contributed by atoms with Gasteiger partial charge in [0, 0.05) is 18.9 Å². The van der Waals surface area contributed by atoms with Crippen molar-refractivity contribution in [1.82, 2.24) is 0 Å². The van der Waals surface area contributed by atoms with Crippen molar-refractivity contribution in [1.29, 1.82) is 0 Å². The molecule has 3 saturated carbocycles. The average molecular weight is 967 g/mol. The van der Waals surface area contributed by atoms with Crippen LogP contribution in [0.5, 0.6) is 0 Å². The lowest BCUT2D eigenvalue weighted by molar-refractivity contribution is -0.183. The van der Waals surface area contributed by atoms with E-state index in [1.807, 2.05) is 20.8 Å². The van der Waals surface area contributed by atoms with Gasteiger partial charge in [0.25, 0.3) is 0 Å². The predicted octanol–water partition coefficient (Wildman–Crippen LogP) is 2.83. The van der Waals surface area contributed by atoms with Crippen LogP contribution < -0.4 is 0 Å². The number of rotatable bonds is 25. The second-order valence-corrected chi connectivity index (χ2v) is 19.4. The molecule has 0 bridgehead atoms. The summed E-state index contributed by atoms with van der Waals surface area (Å²) in [5.41, 5.74) is -1.85. The van der Waals surface area contributed by atoms with Crippen molar-refractivity contribution in [2.45, 2.75) is 104 Å². The van der Waals surface area contributed by atoms with Crippen LogP contribution in [0, 0.1) is 70.5 Å². The molecule has 3 fully saturated rings. The van der Waals surface area contributed by atoms with Gasteiger partial charge in [-0.25, -0.2) is 0 Å². The molecule has 384 valence electrons. The van der Waals surface area contributed by atoms with E-state index >= 15 is 0 Å². The molecule has 0 spiro atoms. The Morgan fingerprint density at radius 2 is 0.721 bits per heavy atom. The third-order valence-electron chi connectivity index (χ3n) is 14.0. The number of aliphatic hydroxyl groups excluding tert-OH is 4. The van der Waals surface area contributed by atoms with Crippen LogP contribution in [0.2, 0.25) is 0 Å². The summed E-state index contributed by atoms with van der Waals surface area (Å²) in [6.45, 7) is 0.721. The van der Waals surface area contributed by atoms with Crippen molar-refractivity contribution >= 4 is 47.6 Å². The van der Waals surface area contributed by atoms with E-state index in [0.29, 0.717) is 44.9 Å². The molecule has 0 aromatic rings. The van der Waals surface area contributed by atoms with Crippen LogP contribution >= 0.6 is 0 Å². The van der Waals surface area contributed by atoms with Gasteiger partial charge in [-0.05, 0) is 94.8 Å². The molecule has 4 N–H and O–H groups in total. The maximum absolute atomic E-state index is 14.2. The van der Waals surface area contributed by atoms with Crippen molar-refractivity contribution in [2.75, 3.05) is 72.7 Å². The molecule has 0 aromatic heterocycles. The lowest BCUT2D eigenvalue weighted by atomic mass is 9.72. The maximum Gasteiger partial charge on any atom is 0.310 e. The van der Waals surface area contributed by atoms with Gasteiger partial charge in [-0.1, -0.05) is 32.9 Å². The first-order valence-corrected chi connectivity index (χ1v) is 24.4. The molecular weight excluding hydrogens is 893 g/mol. The summed E-state index contributed by atoms with van der Waals surface area (Å²) in [7, 11) is 0. The zero-order chi connectivity index (χ0) is 49.8. The van der Waals surface area contributed by atoms with E-state index in [2.05, 4.69) is 0 Å². The highest BCUT2D eigenvalue weighted by molar-refractivity contribution is 5.87. The Balaban J connectivity index is 1.72. The van der Waals surface area contributed by atoms with Crippen LogP contribution in [-0.2, 0) is 71.5 Å². The number of aliphatic hydroxyl groups is 4. The average Bonchev–Trinajstić information content (AvgIpc) is 3.34. The summed E-state index contributed by atoms with van der Waals surface area (Å²) in [5.74, 6) is -12.9. The normalized spacial score (nSPS) is 29.0. The van der Waals surface area contributed by atoms with Gasteiger partial charge in [0.15, 0.2) is 0 Å². The van der Waals surface area contributed by atoms with Gasteiger partial charge in [-0.2, -0.15) is 0 Å². The second kappa shape index (κ2) is 28.3. The van der Waals surface area contributed by atoms with Crippen molar-refractivity contribution in [3.05, 3.63) is 12.2 Å². The summed E-state index contributed by atoms with van der Waals surface area (Å²) in [6, 6.07) is 0. The monoisotopic (exact) mass is 966 g/mol. The Morgan fingerprint density at radius 1 is 0.412 bits per heavy atom. The van der Waals surface area contributed by atoms with Crippen molar-refractivity contribution in [3.8, 4) is 0 Å². The number of carbonyl (C=O) groups excluding carboxylic acids is 8. The Morgan fingerprint density at radius 3 is 1.07 bits per heavy atom. The molecule has 4 rings (SSSR count). The predicted molar refractivity (Wildman–Crippen MR) is 237 cm³/mol. The smallest absolute Gasteiger partial charge is 0.310 e. The number of Topliss-reactive ketones (excluding diaryl/α,β-unsaturated/α-hetero) is 1. The summed E-state index contributed by atoms with van der Waals surface area (Å²) in [4.78, 5) is 109. The molecule has 0 heterocycles. The fraction of sp³-hybridized carbons (Fsp3) is 0.796. The van der Waals surface area contributed by atoms with Crippen molar-refractivity contribution in [3.63, 3.8) is 0 Å². The minimum atomic E-state index is -1.85. The molecule has 0 aliphatic heterocycles. The molecule has 11 unspecified atom stereocenters. The molecule has 0 saturated heterocycles. The maximum atomic E-state index is 14.2. The lowest BCUT2D eigenvalue weighted by Crippen LogP contribution is -2.47. The van der Waals surface area contributed by atoms with E-state index in [4.69, 9.17) is 33.2 Å². The SMILES string of the molecule is CC1CCC(C(=O)OCC(COC(=O)C2CC=CCC2C(=O)OCCO)(COC(=O)C2CCC(C)CC2C(=O)OCCO)COC(=O)C2CCC(C)CC2C(=O)OCCO)C(C(=O)CCCO)C1. The number of hydrogen-bond donors (Lipinski definition) is 4. The van der Waals surface area contributed by atoms with Gasteiger partial charge < -0.3 is 53.6 Å². The second-order valence-electron chi connectivity index (χ2n) is 19.4. The first-order chi connectivity index (χ1) is 32.6. The number of ether oxygens (including phenoxy) is 7. The van der Waals surface area contributed by atoms with Crippen LogP contribution in [-0.4, -0.2) is 141 Å². The van der Waals surface area contributed by atoms with Crippen molar-refractivity contribution in [2.24, 2.45) is 70.5 Å². The van der Waals surface area contributed by atoms with E-state index in [1.165, 1.54) is 0 Å². The van der Waals surface area contributed by atoms with Gasteiger partial charge in [-0.15, -0.1) is 0 Å². The van der Waals surface area contributed by atoms with Crippen LogP contribution in [0.25, 0.3) is 0 Å². The number of carbonyl (C=O) groups is 8. The minimum absolute atomic E-state index is 0.0528. The van der Waals surface area contributed by atoms with E-state index in [1.54, 1.807) is 12.2 Å². The molecule has 4 aliphatic rings. The van der Waals surface area contributed by atoms with E-state index in [9.17, 15) is 58.8 Å². The van der Waals surface area contributed by atoms with Gasteiger partial charge in [0.05, 0.1) is 61.2 Å². The van der Waals surface area contributed by atoms with Gasteiger partial charge in [0.1, 0.15) is 57.4 Å². The zero-order valence-corrected chi connectivity index (χ0v) is 39.9. The quantitative estimate of drug-likeness (QED) is 0.0581. The largest absolute Gasteiger partial charge is 0.464 e. The van der Waals surface area contributed by atoms with E-state index in [0.717, 1.165) is 0 Å². The van der Waals surface area contributed by atoms with Crippen LogP contribution in [0.3, 0.4) is 0 Å². The third-order valence-corrected chi connectivity index (χ3v) is 14.0. The number of hydrogen-bond acceptors (Lipinski definition) is 19. The molecule has 19 nitrogen and oxygen atoms in total. The summed E-state index contributed by atoms with van der Waals surface area (Å²) in [6.07, 6.45) is 7.43. The van der Waals surface area contributed by atoms with Crippen LogP contribution in [0.4, 0.5) is 0 Å². The van der Waals surface area contributed by atoms with E-state index in [-0.39, 0.29) is 88.5 Å². The Labute approximate surface area is 398 Å². The fourth-order valence-corrected chi connectivity index (χ4v) is 9.97. The summed E-state index contributed by atoms with van der Waals surface area (Å²) in [5, 5.41) is 37.3. The number of ketones is 1. The van der Waals surface area contributed by atoms with Gasteiger partial charge in [-0.3, -0.25) is 38.4 Å². The summed E-state index contributed by atoms with van der Waals surface area (Å²) < 4.78 is 39.5. The highest BCUT2D eigenvalue weighted by Gasteiger charge is 2.47. The first kappa shape index (κ1) is 56.1. The summed E-state index contributed by atoms with van der Waals surface area (Å²) >= 11 is 0. The Kier molecular flexibility index (Phi) is 23.3. The van der Waals surface area contributed by atoms with Crippen LogP contribution in [0.15, 0.2) is 12.2 Å². The standard InChI is InChI=1S/C49H74O19/c1-30-10-13-35(38(23-30)41(54)9-6-16-50)44(57)66-27-49(26-65-43(56)34-8-5-4-7-33(34)42(55)62-20-17-51,28-67-45(58)36-14-11-31(2)24-39(36)47(60)63-21-18-52)29-68-46(59)37-15-12-32(3)25-40(37)48(61)64-22-19-53/h4-5,30-40,50-53H,6-29H2,1-3H3. The number of allylic oxidation sites excluding steroid dienone is 2. The molecule has 0 radical (unpaired) electrons. The molecule has 4 aliphatic carbocycles.